The summed E-state index contributed by atoms with van der Waals surface area (Å²) in [7, 11) is 0. The van der Waals surface area contributed by atoms with Gasteiger partial charge in [-0.25, -0.2) is 15.0 Å². The van der Waals surface area contributed by atoms with Gasteiger partial charge in [0.15, 0.2) is 11.7 Å². The molecule has 158 valence electrons. The predicted molar refractivity (Wildman–Crippen MR) is 109 cm³/mol. The first kappa shape index (κ1) is 21.4. The molecule has 1 aliphatic rings. The third kappa shape index (κ3) is 6.31. The minimum atomic E-state index is -4.39. The van der Waals surface area contributed by atoms with Crippen LogP contribution in [0, 0.1) is 0 Å². The molecule has 0 saturated carbocycles. The standard InChI is InChI=1S/C19H25F3N6S/c1-2-23-18(25-8-6-17-27-15(13-29-17)19(20,21)22)26-12-14-5-7-24-16(11-14)28-9-3-4-10-28/h5,7,11,13H,2-4,6,8-10,12H2,1H3,(H2,23,25,26). The Kier molecular flexibility index (Phi) is 7.29. The lowest BCUT2D eigenvalue weighted by atomic mass is 10.2. The zero-order valence-corrected chi connectivity index (χ0v) is 17.1. The van der Waals surface area contributed by atoms with Gasteiger partial charge in [-0.3, -0.25) is 0 Å². The lowest BCUT2D eigenvalue weighted by molar-refractivity contribution is -0.140. The van der Waals surface area contributed by atoms with Gasteiger partial charge in [-0.2, -0.15) is 13.2 Å². The van der Waals surface area contributed by atoms with Crippen LogP contribution in [0.25, 0.3) is 0 Å². The van der Waals surface area contributed by atoms with E-state index in [1.165, 1.54) is 12.8 Å². The van der Waals surface area contributed by atoms with E-state index >= 15 is 0 Å². The Morgan fingerprint density at radius 2 is 2.07 bits per heavy atom. The fourth-order valence-electron chi connectivity index (χ4n) is 3.03. The van der Waals surface area contributed by atoms with Crippen LogP contribution in [0.5, 0.6) is 0 Å². The van der Waals surface area contributed by atoms with E-state index in [2.05, 4.69) is 36.6 Å². The van der Waals surface area contributed by atoms with E-state index < -0.39 is 11.9 Å². The highest BCUT2D eigenvalue weighted by atomic mass is 32.1. The first-order valence-electron chi connectivity index (χ1n) is 9.69. The molecule has 0 amide bonds. The molecule has 10 heteroatoms. The van der Waals surface area contributed by atoms with E-state index in [4.69, 9.17) is 0 Å². The second-order valence-corrected chi connectivity index (χ2v) is 7.66. The smallest absolute Gasteiger partial charge is 0.357 e. The lowest BCUT2D eigenvalue weighted by Crippen LogP contribution is -2.38. The van der Waals surface area contributed by atoms with Crippen LogP contribution in [0.15, 0.2) is 28.7 Å². The number of rotatable bonds is 7. The van der Waals surface area contributed by atoms with Gasteiger partial charge in [0.1, 0.15) is 5.82 Å². The number of hydrogen-bond donors (Lipinski definition) is 2. The minimum Gasteiger partial charge on any atom is -0.357 e. The van der Waals surface area contributed by atoms with Crippen LogP contribution in [0.2, 0.25) is 0 Å². The summed E-state index contributed by atoms with van der Waals surface area (Å²) in [5.41, 5.74) is 0.235. The SMILES string of the molecule is CCNC(=NCc1ccnc(N2CCCC2)c1)NCCc1nc(C(F)(F)F)cs1. The highest BCUT2D eigenvalue weighted by molar-refractivity contribution is 7.09. The maximum Gasteiger partial charge on any atom is 0.434 e. The summed E-state index contributed by atoms with van der Waals surface area (Å²) < 4.78 is 37.9. The normalized spacial score (nSPS) is 15.0. The Balaban J connectivity index is 1.54. The van der Waals surface area contributed by atoms with Crippen LogP contribution in [-0.2, 0) is 19.1 Å². The second kappa shape index (κ2) is 9.91. The number of guanidine groups is 1. The number of anilines is 1. The van der Waals surface area contributed by atoms with Crippen molar-refractivity contribution in [3.05, 3.63) is 40.0 Å². The van der Waals surface area contributed by atoms with E-state index in [0.29, 0.717) is 37.0 Å². The van der Waals surface area contributed by atoms with Crippen LogP contribution in [0.4, 0.5) is 19.0 Å². The van der Waals surface area contributed by atoms with E-state index in [9.17, 15) is 13.2 Å². The van der Waals surface area contributed by atoms with Crippen molar-refractivity contribution >= 4 is 23.1 Å². The predicted octanol–water partition coefficient (Wildman–Crippen LogP) is 3.45. The summed E-state index contributed by atoms with van der Waals surface area (Å²) in [4.78, 5) is 15.0. The molecule has 1 aliphatic heterocycles. The summed E-state index contributed by atoms with van der Waals surface area (Å²) in [6, 6.07) is 4.01. The molecule has 29 heavy (non-hydrogen) atoms. The molecule has 0 aliphatic carbocycles. The molecule has 3 heterocycles. The van der Waals surface area contributed by atoms with Crippen LogP contribution in [-0.4, -0.2) is 42.1 Å². The number of hydrogen-bond acceptors (Lipinski definition) is 5. The Hall–Kier alpha value is -2.36. The van der Waals surface area contributed by atoms with Gasteiger partial charge in [0.05, 0.1) is 11.6 Å². The number of aromatic nitrogens is 2. The maximum atomic E-state index is 12.6. The molecule has 0 radical (unpaired) electrons. The molecule has 0 bridgehead atoms. The molecule has 0 spiro atoms. The molecule has 1 fully saturated rings. The maximum absolute atomic E-state index is 12.6. The lowest BCUT2D eigenvalue weighted by Gasteiger charge is -2.16. The Morgan fingerprint density at radius 1 is 1.28 bits per heavy atom. The van der Waals surface area contributed by atoms with Crippen molar-refractivity contribution in [2.45, 2.75) is 38.9 Å². The van der Waals surface area contributed by atoms with Gasteiger partial charge in [0.25, 0.3) is 0 Å². The van der Waals surface area contributed by atoms with Gasteiger partial charge in [-0.15, -0.1) is 11.3 Å². The topological polar surface area (TPSA) is 65.4 Å². The quantitative estimate of drug-likeness (QED) is 0.524. The molecule has 6 nitrogen and oxygen atoms in total. The van der Waals surface area contributed by atoms with Crippen LogP contribution in [0.1, 0.15) is 36.0 Å². The molecule has 0 atom stereocenters. The molecule has 2 aromatic heterocycles. The molecule has 1 saturated heterocycles. The molecule has 2 N–H and O–H groups in total. The third-order valence-electron chi connectivity index (χ3n) is 4.48. The fraction of sp³-hybridized carbons (Fsp3) is 0.526. The summed E-state index contributed by atoms with van der Waals surface area (Å²) in [5.74, 6) is 1.61. The number of alkyl halides is 3. The van der Waals surface area contributed by atoms with Crippen molar-refractivity contribution in [3.63, 3.8) is 0 Å². The van der Waals surface area contributed by atoms with Gasteiger partial charge >= 0.3 is 6.18 Å². The number of halogens is 3. The van der Waals surface area contributed by atoms with Crippen molar-refractivity contribution in [2.24, 2.45) is 4.99 Å². The van der Waals surface area contributed by atoms with Crippen molar-refractivity contribution in [1.29, 1.82) is 0 Å². The second-order valence-electron chi connectivity index (χ2n) is 6.71. The number of nitrogens with one attached hydrogen (secondary N) is 2. The number of thiazole rings is 1. The highest BCUT2D eigenvalue weighted by Gasteiger charge is 2.33. The Labute approximate surface area is 172 Å². The van der Waals surface area contributed by atoms with E-state index in [1.807, 2.05) is 13.0 Å². The summed E-state index contributed by atoms with van der Waals surface area (Å²) >= 11 is 1.02. The molecular formula is C19H25F3N6S. The van der Waals surface area contributed by atoms with Crippen molar-refractivity contribution < 1.29 is 13.2 Å². The van der Waals surface area contributed by atoms with Gasteiger partial charge in [-0.05, 0) is 37.5 Å². The Morgan fingerprint density at radius 3 is 2.76 bits per heavy atom. The zero-order valence-electron chi connectivity index (χ0n) is 16.3. The number of aliphatic imine (C=N–C) groups is 1. The van der Waals surface area contributed by atoms with Crippen LogP contribution < -0.4 is 15.5 Å². The number of nitrogens with zero attached hydrogens (tertiary/aromatic N) is 4. The molecular weight excluding hydrogens is 401 g/mol. The first-order chi connectivity index (χ1) is 14.0. The van der Waals surface area contributed by atoms with Gasteiger partial charge in [-0.1, -0.05) is 0 Å². The van der Waals surface area contributed by atoms with Gasteiger partial charge < -0.3 is 15.5 Å². The van der Waals surface area contributed by atoms with Crippen molar-refractivity contribution in [1.82, 2.24) is 20.6 Å². The average molecular weight is 427 g/mol. The third-order valence-corrected chi connectivity index (χ3v) is 5.39. The molecule has 0 aromatic carbocycles. The van der Waals surface area contributed by atoms with Gasteiger partial charge in [0, 0.05) is 44.2 Å². The highest BCUT2D eigenvalue weighted by Crippen LogP contribution is 2.30. The largest absolute Gasteiger partial charge is 0.434 e. The van der Waals surface area contributed by atoms with E-state index in [1.54, 1.807) is 6.20 Å². The molecule has 0 unspecified atom stereocenters. The average Bonchev–Trinajstić information content (AvgIpc) is 3.38. The first-order valence-corrected chi connectivity index (χ1v) is 10.6. The fourth-order valence-corrected chi connectivity index (χ4v) is 3.84. The summed E-state index contributed by atoms with van der Waals surface area (Å²) in [6.45, 7) is 5.68. The zero-order chi connectivity index (χ0) is 20.7. The Bertz CT molecular complexity index is 814. The summed E-state index contributed by atoms with van der Waals surface area (Å²) in [5, 5.41) is 7.81. The monoisotopic (exact) mass is 426 g/mol. The van der Waals surface area contributed by atoms with Gasteiger partial charge in [0.2, 0.25) is 0 Å². The molecule has 3 rings (SSSR count). The van der Waals surface area contributed by atoms with Crippen molar-refractivity contribution in [3.8, 4) is 0 Å². The number of pyridine rings is 1. The van der Waals surface area contributed by atoms with Crippen LogP contribution in [0.3, 0.4) is 0 Å². The van der Waals surface area contributed by atoms with E-state index in [-0.39, 0.29) is 0 Å². The minimum absolute atomic E-state index is 0.402. The summed E-state index contributed by atoms with van der Waals surface area (Å²) in [6.07, 6.45) is 0.209. The molecule has 2 aromatic rings. The van der Waals surface area contributed by atoms with Crippen LogP contribution >= 0.6 is 11.3 Å². The van der Waals surface area contributed by atoms with Crippen molar-refractivity contribution in [2.75, 3.05) is 31.1 Å². The van der Waals surface area contributed by atoms with E-state index in [0.717, 1.165) is 41.2 Å².